The maximum absolute atomic E-state index is 12.4. The molecule has 0 spiro atoms. The molecule has 0 unspecified atom stereocenters. The van der Waals surface area contributed by atoms with Crippen LogP contribution in [0.3, 0.4) is 0 Å². The predicted molar refractivity (Wildman–Crippen MR) is 57.1 cm³/mol. The molecule has 0 saturated heterocycles. The molecule has 0 radical (unpaired) electrons. The number of rotatable bonds is 5. The summed E-state index contributed by atoms with van der Waals surface area (Å²) in [7, 11) is 0. The van der Waals surface area contributed by atoms with Gasteiger partial charge < -0.3 is 9.47 Å². The smallest absolute Gasteiger partial charge is 0.379 e. The van der Waals surface area contributed by atoms with E-state index >= 15 is 0 Å². The van der Waals surface area contributed by atoms with Crippen LogP contribution in [0.2, 0.25) is 0 Å². The van der Waals surface area contributed by atoms with E-state index in [-0.39, 0.29) is 13.2 Å². The van der Waals surface area contributed by atoms with E-state index in [1.807, 2.05) is 0 Å². The summed E-state index contributed by atoms with van der Waals surface area (Å²) in [6.45, 7) is 1.44. The molecule has 92 valence electrons. The van der Waals surface area contributed by atoms with Gasteiger partial charge in [-0.25, -0.2) is 4.79 Å². The number of ether oxygens (including phenoxy) is 2. The Kier molecular flexibility index (Phi) is 5.13. The van der Waals surface area contributed by atoms with Gasteiger partial charge in [-0.2, -0.15) is 8.78 Å². The fourth-order valence-electron chi connectivity index (χ4n) is 1.12. The molecule has 1 rings (SSSR count). The van der Waals surface area contributed by atoms with Gasteiger partial charge in [0.05, 0.1) is 6.61 Å². The summed E-state index contributed by atoms with van der Waals surface area (Å²) in [5.41, 5.74) is 0.690. The molecule has 5 heteroatoms. The van der Waals surface area contributed by atoms with Crippen molar-refractivity contribution in [2.45, 2.75) is 13.5 Å². The highest BCUT2D eigenvalue weighted by molar-refractivity contribution is 5.86. The third-order valence-electron chi connectivity index (χ3n) is 1.86. The van der Waals surface area contributed by atoms with E-state index in [0.29, 0.717) is 5.56 Å². The van der Waals surface area contributed by atoms with Crippen molar-refractivity contribution in [3.63, 3.8) is 0 Å². The average Bonchev–Trinajstić information content (AvgIpc) is 2.30. The van der Waals surface area contributed by atoms with E-state index < -0.39 is 17.8 Å². The zero-order valence-corrected chi connectivity index (χ0v) is 9.28. The van der Waals surface area contributed by atoms with E-state index in [9.17, 15) is 13.6 Å². The molecule has 0 saturated carbocycles. The molecule has 17 heavy (non-hydrogen) atoms. The summed E-state index contributed by atoms with van der Waals surface area (Å²) in [5, 5.41) is 0. The van der Waals surface area contributed by atoms with E-state index in [4.69, 9.17) is 4.74 Å². The number of esters is 1. The molecule has 0 aliphatic heterocycles. The van der Waals surface area contributed by atoms with Crippen molar-refractivity contribution < 1.29 is 23.0 Å². The topological polar surface area (TPSA) is 35.5 Å². The van der Waals surface area contributed by atoms with Crippen molar-refractivity contribution in [3.05, 3.63) is 47.7 Å². The number of hydrogen-bond donors (Lipinski definition) is 0. The summed E-state index contributed by atoms with van der Waals surface area (Å²) in [6.07, 6.45) is -2.18. The van der Waals surface area contributed by atoms with Crippen LogP contribution in [0.15, 0.2) is 42.2 Å². The van der Waals surface area contributed by atoms with E-state index in [2.05, 4.69) is 4.74 Å². The van der Waals surface area contributed by atoms with Crippen molar-refractivity contribution in [3.8, 4) is 0 Å². The molecule has 0 bridgehead atoms. The molecular formula is C12H12F2O3. The van der Waals surface area contributed by atoms with Crippen molar-refractivity contribution in [1.82, 2.24) is 0 Å². The monoisotopic (exact) mass is 242 g/mol. The van der Waals surface area contributed by atoms with Gasteiger partial charge in [-0.15, -0.1) is 0 Å². The van der Waals surface area contributed by atoms with Gasteiger partial charge in [-0.1, -0.05) is 30.3 Å². The normalized spacial score (nSPS) is 9.59. The summed E-state index contributed by atoms with van der Waals surface area (Å²) in [6, 6.07) is 8.70. The fraction of sp³-hybridized carbons (Fsp3) is 0.250. The lowest BCUT2D eigenvalue weighted by Gasteiger charge is -2.08. The van der Waals surface area contributed by atoms with Crippen LogP contribution in [-0.2, 0) is 20.9 Å². The predicted octanol–water partition coefficient (Wildman–Crippen LogP) is 2.87. The summed E-state index contributed by atoms with van der Waals surface area (Å²) in [5.74, 6) is -2.18. The van der Waals surface area contributed by atoms with E-state index in [0.717, 1.165) is 0 Å². The van der Waals surface area contributed by atoms with Gasteiger partial charge in [0, 0.05) is 0 Å². The van der Waals surface area contributed by atoms with Crippen molar-refractivity contribution in [1.29, 1.82) is 0 Å². The Morgan fingerprint density at radius 1 is 1.18 bits per heavy atom. The summed E-state index contributed by atoms with van der Waals surface area (Å²) in [4.78, 5) is 11.1. The first kappa shape index (κ1) is 13.2. The van der Waals surface area contributed by atoms with Crippen LogP contribution in [-0.4, -0.2) is 12.6 Å². The lowest BCUT2D eigenvalue weighted by atomic mass is 10.2. The molecule has 0 heterocycles. The van der Waals surface area contributed by atoms with Gasteiger partial charge in [0.2, 0.25) is 0 Å². The maximum atomic E-state index is 12.4. The van der Waals surface area contributed by atoms with Crippen LogP contribution in [0.5, 0.6) is 0 Å². The molecule has 3 nitrogen and oxygen atoms in total. The second-order valence-electron chi connectivity index (χ2n) is 3.08. The lowest BCUT2D eigenvalue weighted by molar-refractivity contribution is -0.143. The van der Waals surface area contributed by atoms with Gasteiger partial charge in [0.1, 0.15) is 6.61 Å². The number of benzene rings is 1. The summed E-state index contributed by atoms with van der Waals surface area (Å²) < 4.78 is 34.1. The van der Waals surface area contributed by atoms with Gasteiger partial charge in [-0.05, 0) is 12.5 Å². The minimum atomic E-state index is -2.18. The van der Waals surface area contributed by atoms with Crippen molar-refractivity contribution in [2.75, 3.05) is 6.61 Å². The number of carbonyl (C=O) groups excluding carboxylic acids is 1. The zero-order chi connectivity index (χ0) is 12.7. The number of hydrogen-bond acceptors (Lipinski definition) is 3. The Bertz CT molecular complexity index is 397. The summed E-state index contributed by atoms with van der Waals surface area (Å²) >= 11 is 0. The molecule has 0 aromatic heterocycles. The van der Waals surface area contributed by atoms with Crippen LogP contribution in [0.1, 0.15) is 12.5 Å². The third kappa shape index (κ3) is 4.22. The zero-order valence-electron chi connectivity index (χ0n) is 9.28. The molecule has 0 aliphatic rings. The van der Waals surface area contributed by atoms with Crippen molar-refractivity contribution >= 4 is 5.97 Å². The molecule has 0 N–H and O–H groups in total. The molecule has 1 aromatic rings. The molecule has 0 atom stereocenters. The first-order chi connectivity index (χ1) is 8.15. The van der Waals surface area contributed by atoms with Gasteiger partial charge in [0.15, 0.2) is 0 Å². The average molecular weight is 242 g/mol. The number of carbonyl (C=O) groups is 1. The first-order valence-corrected chi connectivity index (χ1v) is 5.04. The first-order valence-electron chi connectivity index (χ1n) is 5.04. The van der Waals surface area contributed by atoms with Crippen LogP contribution < -0.4 is 0 Å². The van der Waals surface area contributed by atoms with Gasteiger partial charge >= 0.3 is 12.0 Å². The fourth-order valence-corrected chi connectivity index (χ4v) is 1.12. The molecular weight excluding hydrogens is 230 g/mol. The SMILES string of the molecule is CCOC(=O)C(OCc1ccccc1)=C(F)F. The molecule has 0 aliphatic carbocycles. The Balaban J connectivity index is 2.64. The standard InChI is InChI=1S/C12H12F2O3/c1-2-16-12(15)10(11(13)14)17-8-9-6-4-3-5-7-9/h3-7H,2,8H2,1H3. The minimum absolute atomic E-state index is 0.0182. The lowest BCUT2D eigenvalue weighted by Crippen LogP contribution is -2.11. The van der Waals surface area contributed by atoms with Gasteiger partial charge in [0.25, 0.3) is 5.76 Å². The quantitative estimate of drug-likeness (QED) is 0.452. The van der Waals surface area contributed by atoms with Crippen LogP contribution in [0, 0.1) is 0 Å². The second-order valence-corrected chi connectivity index (χ2v) is 3.08. The Hall–Kier alpha value is -1.91. The van der Waals surface area contributed by atoms with E-state index in [1.54, 1.807) is 30.3 Å². The molecule has 1 aromatic carbocycles. The van der Waals surface area contributed by atoms with Crippen LogP contribution >= 0.6 is 0 Å². The Morgan fingerprint density at radius 3 is 2.35 bits per heavy atom. The highest BCUT2D eigenvalue weighted by Crippen LogP contribution is 2.14. The van der Waals surface area contributed by atoms with Crippen molar-refractivity contribution in [2.24, 2.45) is 0 Å². The molecule has 0 amide bonds. The Labute approximate surface area is 97.7 Å². The van der Waals surface area contributed by atoms with Crippen LogP contribution in [0.4, 0.5) is 8.78 Å². The van der Waals surface area contributed by atoms with E-state index in [1.165, 1.54) is 6.92 Å². The second kappa shape index (κ2) is 6.62. The minimum Gasteiger partial charge on any atom is -0.478 e. The Morgan fingerprint density at radius 2 is 1.82 bits per heavy atom. The third-order valence-corrected chi connectivity index (χ3v) is 1.86. The maximum Gasteiger partial charge on any atom is 0.379 e. The number of halogens is 2. The van der Waals surface area contributed by atoms with Crippen LogP contribution in [0.25, 0.3) is 0 Å². The molecule has 0 fully saturated rings. The highest BCUT2D eigenvalue weighted by Gasteiger charge is 2.19. The highest BCUT2D eigenvalue weighted by atomic mass is 19.3. The largest absolute Gasteiger partial charge is 0.478 e. The van der Waals surface area contributed by atoms with Gasteiger partial charge in [-0.3, -0.25) is 0 Å².